The van der Waals surface area contributed by atoms with Crippen LogP contribution in [0.5, 0.6) is 0 Å². The highest BCUT2D eigenvalue weighted by Crippen LogP contribution is 2.14. The van der Waals surface area contributed by atoms with Gasteiger partial charge in [0, 0.05) is 11.3 Å². The number of carbonyl (C=O) groups is 2. The van der Waals surface area contributed by atoms with E-state index in [1.165, 1.54) is 11.3 Å². The van der Waals surface area contributed by atoms with Gasteiger partial charge in [0.25, 0.3) is 11.8 Å². The van der Waals surface area contributed by atoms with Gasteiger partial charge in [0.15, 0.2) is 0 Å². The molecule has 4 nitrogen and oxygen atoms in total. The van der Waals surface area contributed by atoms with Crippen molar-refractivity contribution >= 4 is 28.8 Å². The van der Waals surface area contributed by atoms with Crippen LogP contribution in [0.2, 0.25) is 0 Å². The van der Waals surface area contributed by atoms with Crippen molar-refractivity contribution in [3.63, 3.8) is 0 Å². The molecule has 0 fully saturated rings. The van der Waals surface area contributed by atoms with E-state index in [0.29, 0.717) is 16.1 Å². The van der Waals surface area contributed by atoms with Crippen molar-refractivity contribution in [2.45, 2.75) is 0 Å². The second kappa shape index (κ2) is 6.55. The number of hydrogen-bond donors (Lipinski definition) is 2. The Morgan fingerprint density at radius 3 is 2.75 bits per heavy atom. The Morgan fingerprint density at radius 1 is 1.20 bits per heavy atom. The third kappa shape index (κ3) is 3.46. The van der Waals surface area contributed by atoms with Crippen molar-refractivity contribution in [3.05, 3.63) is 52.2 Å². The van der Waals surface area contributed by atoms with E-state index in [1.54, 1.807) is 30.3 Å². The Bertz CT molecular complexity index is 657. The number of nitrogens with one attached hydrogen (secondary N) is 2. The summed E-state index contributed by atoms with van der Waals surface area (Å²) in [5.41, 5.74) is 1.01. The second-order valence-electron chi connectivity index (χ2n) is 3.90. The summed E-state index contributed by atoms with van der Waals surface area (Å²) < 4.78 is 0. The quantitative estimate of drug-likeness (QED) is 0.847. The minimum absolute atomic E-state index is 0.171. The molecule has 5 heteroatoms. The van der Waals surface area contributed by atoms with Crippen LogP contribution >= 0.6 is 11.3 Å². The molecule has 0 bridgehead atoms. The minimum Gasteiger partial charge on any atom is -0.341 e. The Kier molecular flexibility index (Phi) is 4.53. The molecule has 0 radical (unpaired) electrons. The molecule has 1 heterocycles. The van der Waals surface area contributed by atoms with Gasteiger partial charge in [-0.25, -0.2) is 0 Å². The summed E-state index contributed by atoms with van der Waals surface area (Å²) in [5, 5.41) is 7.15. The molecule has 0 spiro atoms. The zero-order valence-electron chi connectivity index (χ0n) is 10.6. The van der Waals surface area contributed by atoms with Crippen LogP contribution in [-0.2, 0) is 0 Å². The van der Waals surface area contributed by atoms with Crippen LogP contribution in [0.4, 0.5) is 5.69 Å². The first-order valence-corrected chi connectivity index (χ1v) is 6.75. The van der Waals surface area contributed by atoms with Gasteiger partial charge in [-0.3, -0.25) is 9.59 Å². The van der Waals surface area contributed by atoms with E-state index in [1.807, 2.05) is 11.4 Å². The molecule has 20 heavy (non-hydrogen) atoms. The fraction of sp³-hybridized carbons (Fsp3) is 0.0667. The van der Waals surface area contributed by atoms with Crippen molar-refractivity contribution in [2.75, 3.05) is 11.9 Å². The zero-order chi connectivity index (χ0) is 14.4. The molecule has 1 aromatic carbocycles. The third-order valence-corrected chi connectivity index (χ3v) is 3.35. The molecule has 2 N–H and O–H groups in total. The molecule has 2 aromatic rings. The van der Waals surface area contributed by atoms with Crippen LogP contribution in [0, 0.1) is 12.3 Å². The molecule has 0 aliphatic carbocycles. The lowest BCUT2D eigenvalue weighted by atomic mass is 10.2. The third-order valence-electron chi connectivity index (χ3n) is 2.48. The monoisotopic (exact) mass is 284 g/mol. The van der Waals surface area contributed by atoms with Gasteiger partial charge in [-0.2, -0.15) is 0 Å². The predicted octanol–water partition coefficient (Wildman–Crippen LogP) is 2.36. The number of hydrogen-bond acceptors (Lipinski definition) is 3. The number of benzene rings is 1. The van der Waals surface area contributed by atoms with Crippen LogP contribution in [0.25, 0.3) is 0 Å². The molecule has 0 saturated carbocycles. The molecule has 0 aliphatic heterocycles. The molecule has 0 aliphatic rings. The number of amides is 2. The van der Waals surface area contributed by atoms with Gasteiger partial charge >= 0.3 is 0 Å². The summed E-state index contributed by atoms with van der Waals surface area (Å²) in [7, 11) is 0. The van der Waals surface area contributed by atoms with Crippen LogP contribution < -0.4 is 10.6 Å². The van der Waals surface area contributed by atoms with Crippen molar-refractivity contribution in [3.8, 4) is 12.3 Å². The van der Waals surface area contributed by atoms with Gasteiger partial charge < -0.3 is 10.6 Å². The molecule has 1 aromatic heterocycles. The lowest BCUT2D eigenvalue weighted by Crippen LogP contribution is -2.23. The van der Waals surface area contributed by atoms with Crippen LogP contribution in [0.1, 0.15) is 20.0 Å². The fourth-order valence-corrected chi connectivity index (χ4v) is 2.19. The molecule has 2 rings (SSSR count). The standard InChI is InChI=1S/C15H12N2O2S/c1-2-8-16-14(18)11-5-3-6-12(10-11)17-15(19)13-7-4-9-20-13/h1,3-7,9-10H,8H2,(H,16,18)(H,17,19). The summed E-state index contributed by atoms with van der Waals surface area (Å²) in [6.07, 6.45) is 5.08. The highest BCUT2D eigenvalue weighted by atomic mass is 32.1. The van der Waals surface area contributed by atoms with Crippen molar-refractivity contribution < 1.29 is 9.59 Å². The van der Waals surface area contributed by atoms with Gasteiger partial charge in [-0.1, -0.05) is 18.1 Å². The van der Waals surface area contributed by atoms with E-state index in [0.717, 1.165) is 0 Å². The molecule has 0 unspecified atom stereocenters. The number of carbonyl (C=O) groups excluding carboxylic acids is 2. The van der Waals surface area contributed by atoms with Crippen molar-refractivity contribution in [1.82, 2.24) is 5.32 Å². The van der Waals surface area contributed by atoms with Crippen molar-refractivity contribution in [2.24, 2.45) is 0 Å². The molecular formula is C15H12N2O2S. The van der Waals surface area contributed by atoms with Gasteiger partial charge in [0.05, 0.1) is 11.4 Å². The van der Waals surface area contributed by atoms with Gasteiger partial charge in [0.1, 0.15) is 0 Å². The number of anilines is 1. The molecular weight excluding hydrogens is 272 g/mol. The maximum atomic E-state index is 11.9. The highest BCUT2D eigenvalue weighted by Gasteiger charge is 2.09. The predicted molar refractivity (Wildman–Crippen MR) is 79.9 cm³/mol. The van der Waals surface area contributed by atoms with E-state index in [-0.39, 0.29) is 18.4 Å². The van der Waals surface area contributed by atoms with Crippen LogP contribution in [0.15, 0.2) is 41.8 Å². The SMILES string of the molecule is C#CCNC(=O)c1cccc(NC(=O)c2cccs2)c1. The first-order valence-electron chi connectivity index (χ1n) is 5.87. The average molecular weight is 284 g/mol. The Hall–Kier alpha value is -2.58. The lowest BCUT2D eigenvalue weighted by molar-refractivity contribution is 0.0957. The summed E-state index contributed by atoms with van der Waals surface area (Å²) >= 11 is 1.36. The lowest BCUT2D eigenvalue weighted by Gasteiger charge is -2.06. The molecule has 2 amide bonds. The number of terminal acetylenes is 1. The van der Waals surface area contributed by atoms with E-state index < -0.39 is 0 Å². The second-order valence-corrected chi connectivity index (χ2v) is 4.85. The van der Waals surface area contributed by atoms with Gasteiger partial charge in [-0.05, 0) is 29.6 Å². The fourth-order valence-electron chi connectivity index (χ4n) is 1.57. The molecule has 0 atom stereocenters. The largest absolute Gasteiger partial charge is 0.341 e. The van der Waals surface area contributed by atoms with E-state index in [4.69, 9.17) is 6.42 Å². The van der Waals surface area contributed by atoms with E-state index in [9.17, 15) is 9.59 Å². The van der Waals surface area contributed by atoms with Crippen LogP contribution in [0.3, 0.4) is 0 Å². The molecule has 100 valence electrons. The summed E-state index contributed by atoms with van der Waals surface area (Å²) in [5.74, 6) is 1.87. The highest BCUT2D eigenvalue weighted by molar-refractivity contribution is 7.12. The molecule has 0 saturated heterocycles. The normalized spacial score (nSPS) is 9.55. The minimum atomic E-state index is -0.268. The summed E-state index contributed by atoms with van der Waals surface area (Å²) in [6.45, 7) is 0.171. The Labute approximate surface area is 120 Å². The average Bonchev–Trinajstić information content (AvgIpc) is 2.99. The topological polar surface area (TPSA) is 58.2 Å². The Morgan fingerprint density at radius 2 is 2.05 bits per heavy atom. The first kappa shape index (κ1) is 13.8. The van der Waals surface area contributed by atoms with Gasteiger partial charge in [-0.15, -0.1) is 17.8 Å². The van der Waals surface area contributed by atoms with Crippen LogP contribution in [-0.4, -0.2) is 18.4 Å². The maximum Gasteiger partial charge on any atom is 0.265 e. The Balaban J connectivity index is 2.08. The van der Waals surface area contributed by atoms with E-state index >= 15 is 0 Å². The first-order chi connectivity index (χ1) is 9.70. The van der Waals surface area contributed by atoms with E-state index in [2.05, 4.69) is 16.6 Å². The van der Waals surface area contributed by atoms with Gasteiger partial charge in [0.2, 0.25) is 0 Å². The number of rotatable bonds is 4. The maximum absolute atomic E-state index is 11.9. The number of thiophene rings is 1. The summed E-state index contributed by atoms with van der Waals surface area (Å²) in [4.78, 5) is 24.3. The zero-order valence-corrected chi connectivity index (χ0v) is 11.4. The smallest absolute Gasteiger partial charge is 0.265 e. The van der Waals surface area contributed by atoms with Crippen molar-refractivity contribution in [1.29, 1.82) is 0 Å². The summed E-state index contributed by atoms with van der Waals surface area (Å²) in [6, 6.07) is 10.2.